The minimum Gasteiger partial charge on any atom is -0.497 e. The maximum Gasteiger partial charge on any atom is 0.292 e. The summed E-state index contributed by atoms with van der Waals surface area (Å²) in [6.45, 7) is 1.87. The number of hydrogen-bond acceptors (Lipinski definition) is 5. The molecule has 1 aromatic rings. The number of carbonyl (C=O) groups excluding carboxylic acids is 2. The second-order valence-corrected chi connectivity index (χ2v) is 6.89. The van der Waals surface area contributed by atoms with Crippen LogP contribution in [0.3, 0.4) is 0 Å². The van der Waals surface area contributed by atoms with Gasteiger partial charge in [0.2, 0.25) is 5.91 Å². The molecule has 2 fully saturated rings. The van der Waals surface area contributed by atoms with Crippen LogP contribution in [0.5, 0.6) is 11.5 Å². The number of ether oxygens (including phenoxy) is 2. The first kappa shape index (κ1) is 16.1. The third kappa shape index (κ3) is 3.16. The number of imide groups is 1. The van der Waals surface area contributed by atoms with Crippen molar-refractivity contribution in [3.63, 3.8) is 0 Å². The van der Waals surface area contributed by atoms with Gasteiger partial charge in [0.1, 0.15) is 11.5 Å². The van der Waals surface area contributed by atoms with E-state index in [1.807, 2.05) is 11.8 Å². The van der Waals surface area contributed by atoms with Crippen LogP contribution in [0.1, 0.15) is 6.42 Å². The second-order valence-electron chi connectivity index (χ2n) is 5.67. The fourth-order valence-corrected chi connectivity index (χ4v) is 4.14. The number of carbonyl (C=O) groups is 2. The van der Waals surface area contributed by atoms with Gasteiger partial charge >= 0.3 is 0 Å². The van der Waals surface area contributed by atoms with E-state index in [1.165, 1.54) is 9.80 Å². The number of nitrogens with one attached hydrogen (secondary N) is 1. The molecule has 2 amide bonds. The number of anilines is 1. The molecule has 0 bridgehead atoms. The lowest BCUT2D eigenvalue weighted by molar-refractivity contribution is -0.911. The molecule has 2 aliphatic heterocycles. The zero-order valence-electron chi connectivity index (χ0n) is 13.3. The summed E-state index contributed by atoms with van der Waals surface area (Å²) >= 11 is 1.90. The third-order valence-electron chi connectivity index (χ3n) is 4.37. The number of thioether (sulfide) groups is 1. The summed E-state index contributed by atoms with van der Waals surface area (Å²) in [4.78, 5) is 27.8. The SMILES string of the molecule is COc1cc(OC)cc(N2C(=O)C[C@H]([NH+]3CCSCC3)C2=O)c1. The molecule has 2 aliphatic rings. The van der Waals surface area contributed by atoms with Gasteiger partial charge in [-0.15, -0.1) is 0 Å². The van der Waals surface area contributed by atoms with Crippen molar-refractivity contribution in [2.24, 2.45) is 0 Å². The highest BCUT2D eigenvalue weighted by molar-refractivity contribution is 7.99. The summed E-state index contributed by atoms with van der Waals surface area (Å²) in [6.07, 6.45) is 0.276. The van der Waals surface area contributed by atoms with Crippen LogP contribution in [0.4, 0.5) is 5.69 Å². The van der Waals surface area contributed by atoms with Gasteiger partial charge in [-0.3, -0.25) is 9.59 Å². The normalized spacial score (nSPS) is 22.5. The Bertz CT molecular complexity index is 594. The topological polar surface area (TPSA) is 60.3 Å². The fraction of sp³-hybridized carbons (Fsp3) is 0.500. The van der Waals surface area contributed by atoms with Crippen molar-refractivity contribution in [1.29, 1.82) is 0 Å². The van der Waals surface area contributed by atoms with Crippen LogP contribution in [-0.4, -0.2) is 56.7 Å². The summed E-state index contributed by atoms with van der Waals surface area (Å²) in [5.41, 5.74) is 0.518. The summed E-state index contributed by atoms with van der Waals surface area (Å²) in [5.74, 6) is 2.93. The molecule has 0 aliphatic carbocycles. The number of hydrogen-bond donors (Lipinski definition) is 1. The predicted molar refractivity (Wildman–Crippen MR) is 88.5 cm³/mol. The molecule has 1 aromatic carbocycles. The quantitative estimate of drug-likeness (QED) is 0.782. The highest BCUT2D eigenvalue weighted by atomic mass is 32.2. The summed E-state index contributed by atoms with van der Waals surface area (Å²) in [7, 11) is 3.09. The first-order valence-corrected chi connectivity index (χ1v) is 8.81. The number of amides is 2. The zero-order valence-corrected chi connectivity index (χ0v) is 14.1. The number of nitrogens with zero attached hydrogens (tertiary/aromatic N) is 1. The van der Waals surface area contributed by atoms with E-state index in [0.717, 1.165) is 24.6 Å². The van der Waals surface area contributed by atoms with Gasteiger partial charge in [-0.2, -0.15) is 11.8 Å². The molecule has 3 rings (SSSR count). The van der Waals surface area contributed by atoms with Crippen molar-refractivity contribution >= 4 is 29.3 Å². The molecule has 0 unspecified atom stereocenters. The van der Waals surface area contributed by atoms with E-state index in [-0.39, 0.29) is 24.3 Å². The Balaban J connectivity index is 1.87. The monoisotopic (exact) mass is 337 g/mol. The van der Waals surface area contributed by atoms with Crippen molar-refractivity contribution in [1.82, 2.24) is 0 Å². The Kier molecular flexibility index (Phi) is 4.77. The first-order valence-electron chi connectivity index (χ1n) is 7.66. The highest BCUT2D eigenvalue weighted by Crippen LogP contribution is 2.31. The van der Waals surface area contributed by atoms with E-state index in [4.69, 9.17) is 9.47 Å². The van der Waals surface area contributed by atoms with Gasteiger partial charge in [0.05, 0.1) is 39.4 Å². The highest BCUT2D eigenvalue weighted by Gasteiger charge is 2.46. The Morgan fingerprint density at radius 3 is 2.26 bits per heavy atom. The molecule has 0 spiro atoms. The Hall–Kier alpha value is -1.73. The molecule has 7 heteroatoms. The maximum absolute atomic E-state index is 12.8. The number of rotatable bonds is 4. The molecule has 6 nitrogen and oxygen atoms in total. The van der Waals surface area contributed by atoms with E-state index in [1.54, 1.807) is 32.4 Å². The van der Waals surface area contributed by atoms with Gasteiger partial charge in [-0.1, -0.05) is 0 Å². The smallest absolute Gasteiger partial charge is 0.292 e. The van der Waals surface area contributed by atoms with E-state index in [9.17, 15) is 9.59 Å². The van der Waals surface area contributed by atoms with Crippen LogP contribution in [0.15, 0.2) is 18.2 Å². The molecule has 0 radical (unpaired) electrons. The average Bonchev–Trinajstić information content (AvgIpc) is 2.89. The van der Waals surface area contributed by atoms with Crippen LogP contribution in [0.25, 0.3) is 0 Å². The van der Waals surface area contributed by atoms with Crippen molar-refractivity contribution in [2.45, 2.75) is 12.5 Å². The molecule has 0 aromatic heterocycles. The number of benzene rings is 1. The van der Waals surface area contributed by atoms with Crippen molar-refractivity contribution in [3.05, 3.63) is 18.2 Å². The summed E-state index contributed by atoms with van der Waals surface area (Å²) in [5, 5.41) is 0. The molecular weight excluding hydrogens is 316 g/mol. The standard InChI is InChI=1S/C16H20N2O4S/c1-21-12-7-11(8-13(9-12)22-2)18-15(19)10-14(16(18)20)17-3-5-23-6-4-17/h7-9,14H,3-6,10H2,1-2H3/p+1/t14-/m0/s1. The molecule has 1 N–H and O–H groups in total. The van der Waals surface area contributed by atoms with E-state index in [2.05, 4.69) is 0 Å². The van der Waals surface area contributed by atoms with E-state index in [0.29, 0.717) is 17.2 Å². The first-order chi connectivity index (χ1) is 11.1. The predicted octanol–water partition coefficient (Wildman–Crippen LogP) is -0.0326. The Morgan fingerprint density at radius 1 is 1.09 bits per heavy atom. The van der Waals surface area contributed by atoms with Crippen molar-refractivity contribution in [2.75, 3.05) is 43.7 Å². The van der Waals surface area contributed by atoms with Gasteiger partial charge in [0.25, 0.3) is 5.91 Å². The molecule has 23 heavy (non-hydrogen) atoms. The molecule has 2 saturated heterocycles. The van der Waals surface area contributed by atoms with Crippen LogP contribution in [-0.2, 0) is 9.59 Å². The lowest BCUT2D eigenvalue weighted by Gasteiger charge is -2.27. The Labute approximate surface area is 139 Å². The maximum atomic E-state index is 12.8. The lowest BCUT2D eigenvalue weighted by Crippen LogP contribution is -3.18. The van der Waals surface area contributed by atoms with Gasteiger partial charge in [-0.25, -0.2) is 4.90 Å². The van der Waals surface area contributed by atoms with Crippen LogP contribution < -0.4 is 19.3 Å². The van der Waals surface area contributed by atoms with Crippen LogP contribution in [0, 0.1) is 0 Å². The van der Waals surface area contributed by atoms with Crippen molar-refractivity contribution in [3.8, 4) is 11.5 Å². The lowest BCUT2D eigenvalue weighted by atomic mass is 10.2. The van der Waals surface area contributed by atoms with E-state index < -0.39 is 0 Å². The minimum absolute atomic E-state index is 0.118. The Morgan fingerprint density at radius 2 is 1.70 bits per heavy atom. The zero-order chi connectivity index (χ0) is 16.4. The van der Waals surface area contributed by atoms with Gasteiger partial charge in [-0.05, 0) is 0 Å². The van der Waals surface area contributed by atoms with Crippen LogP contribution >= 0.6 is 11.8 Å². The van der Waals surface area contributed by atoms with Gasteiger partial charge in [0, 0.05) is 29.7 Å². The summed E-state index contributed by atoms with van der Waals surface area (Å²) < 4.78 is 10.5. The van der Waals surface area contributed by atoms with Crippen molar-refractivity contribution < 1.29 is 24.0 Å². The van der Waals surface area contributed by atoms with E-state index >= 15 is 0 Å². The fourth-order valence-electron chi connectivity index (χ4n) is 3.13. The van der Waals surface area contributed by atoms with Crippen LogP contribution in [0.2, 0.25) is 0 Å². The molecule has 1 atom stereocenters. The number of methoxy groups -OCH3 is 2. The molecular formula is C16H21N2O4S+. The third-order valence-corrected chi connectivity index (χ3v) is 5.35. The molecule has 124 valence electrons. The van der Waals surface area contributed by atoms with Gasteiger partial charge < -0.3 is 14.4 Å². The minimum atomic E-state index is -0.263. The second kappa shape index (κ2) is 6.80. The largest absolute Gasteiger partial charge is 0.497 e. The van der Waals surface area contributed by atoms with Gasteiger partial charge in [0.15, 0.2) is 6.04 Å². The molecule has 2 heterocycles. The molecule has 0 saturated carbocycles. The average molecular weight is 337 g/mol. The number of quaternary nitrogens is 1. The summed E-state index contributed by atoms with van der Waals surface area (Å²) in [6, 6.07) is 4.85.